The Bertz CT molecular complexity index is 1030. The molecule has 2 aromatic carbocycles. The second-order valence-corrected chi connectivity index (χ2v) is 6.69. The molecule has 0 unspecified atom stereocenters. The minimum Gasteiger partial charge on any atom is -0.459 e. The van der Waals surface area contributed by atoms with Gasteiger partial charge in [0.2, 0.25) is 0 Å². The molecule has 4 rings (SSSR count). The van der Waals surface area contributed by atoms with E-state index in [1.807, 2.05) is 67.6 Å². The Kier molecular flexibility index (Phi) is 4.50. The molecule has 4 aromatic rings. The molecule has 2 heterocycles. The van der Waals surface area contributed by atoms with Crippen LogP contribution in [0.4, 0.5) is 0 Å². The van der Waals surface area contributed by atoms with Crippen LogP contribution in [0.3, 0.4) is 0 Å². The molecule has 0 spiro atoms. The highest BCUT2D eigenvalue weighted by Crippen LogP contribution is 2.27. The summed E-state index contributed by atoms with van der Waals surface area (Å²) in [7, 11) is 1.79. The maximum absolute atomic E-state index is 12.9. The number of amides is 1. The Morgan fingerprint density at radius 1 is 1.15 bits per heavy atom. The number of carbonyl (C=O) groups is 1. The lowest BCUT2D eigenvalue weighted by Crippen LogP contribution is -2.29. The Balaban J connectivity index is 1.50. The van der Waals surface area contributed by atoms with Crippen molar-refractivity contribution in [3.8, 4) is 0 Å². The molecule has 0 radical (unpaired) electrons. The third-order valence-corrected chi connectivity index (χ3v) is 4.83. The standard InChI is InChI=1S/C22H21N3O2/c1-16(21-12-18-10-6-7-11-20(18)27-21)24(2)22(26)19-13-23-25(15-19)14-17-8-4-3-5-9-17/h3-13,15-16H,14H2,1-2H3/t16-/m0/s1. The van der Waals surface area contributed by atoms with Crippen molar-refractivity contribution in [2.45, 2.75) is 19.5 Å². The van der Waals surface area contributed by atoms with E-state index >= 15 is 0 Å². The maximum atomic E-state index is 12.9. The molecule has 1 amide bonds. The smallest absolute Gasteiger partial charge is 0.257 e. The Morgan fingerprint density at radius 3 is 2.67 bits per heavy atom. The van der Waals surface area contributed by atoms with Crippen LogP contribution in [0.1, 0.15) is 34.6 Å². The first-order valence-electron chi connectivity index (χ1n) is 8.94. The number of hydrogen-bond donors (Lipinski definition) is 0. The number of para-hydroxylation sites is 1. The SMILES string of the molecule is C[C@@H](c1cc2ccccc2o1)N(C)C(=O)c1cnn(Cc2ccccc2)c1. The number of aromatic nitrogens is 2. The van der Waals surface area contributed by atoms with Crippen LogP contribution in [0.25, 0.3) is 11.0 Å². The molecule has 0 N–H and O–H groups in total. The zero-order chi connectivity index (χ0) is 18.8. The number of fused-ring (bicyclic) bond motifs is 1. The van der Waals surface area contributed by atoms with Gasteiger partial charge in [-0.2, -0.15) is 5.10 Å². The topological polar surface area (TPSA) is 51.3 Å². The van der Waals surface area contributed by atoms with Crippen LogP contribution in [0.15, 0.2) is 77.5 Å². The molecule has 5 heteroatoms. The average molecular weight is 359 g/mol. The molecule has 0 aliphatic rings. The molecule has 0 saturated carbocycles. The summed E-state index contributed by atoms with van der Waals surface area (Å²) in [5.74, 6) is 0.686. The fourth-order valence-electron chi connectivity index (χ4n) is 3.11. The van der Waals surface area contributed by atoms with E-state index < -0.39 is 0 Å². The van der Waals surface area contributed by atoms with E-state index in [0.29, 0.717) is 12.1 Å². The van der Waals surface area contributed by atoms with E-state index in [-0.39, 0.29) is 11.9 Å². The summed E-state index contributed by atoms with van der Waals surface area (Å²) < 4.78 is 7.69. The van der Waals surface area contributed by atoms with E-state index in [0.717, 1.165) is 22.3 Å². The Hall–Kier alpha value is -3.34. The van der Waals surface area contributed by atoms with Gasteiger partial charge in [-0.25, -0.2) is 0 Å². The summed E-state index contributed by atoms with van der Waals surface area (Å²) in [5.41, 5.74) is 2.54. The first-order valence-corrected chi connectivity index (χ1v) is 8.94. The van der Waals surface area contributed by atoms with E-state index in [2.05, 4.69) is 5.10 Å². The summed E-state index contributed by atoms with van der Waals surface area (Å²) in [6, 6.07) is 19.7. The number of benzene rings is 2. The first-order chi connectivity index (χ1) is 13.1. The number of furan rings is 1. The second kappa shape index (κ2) is 7.11. The van der Waals surface area contributed by atoms with E-state index in [1.165, 1.54) is 0 Å². The van der Waals surface area contributed by atoms with Gasteiger partial charge in [0, 0.05) is 18.6 Å². The number of carbonyl (C=O) groups excluding carboxylic acids is 1. The fraction of sp³-hybridized carbons (Fsp3) is 0.182. The predicted molar refractivity (Wildman–Crippen MR) is 104 cm³/mol. The van der Waals surface area contributed by atoms with Gasteiger partial charge >= 0.3 is 0 Å². The van der Waals surface area contributed by atoms with Crippen LogP contribution in [-0.2, 0) is 6.54 Å². The first kappa shape index (κ1) is 17.1. The van der Waals surface area contributed by atoms with Gasteiger partial charge in [0.25, 0.3) is 5.91 Å². The fourth-order valence-corrected chi connectivity index (χ4v) is 3.11. The van der Waals surface area contributed by atoms with Crippen molar-refractivity contribution in [1.29, 1.82) is 0 Å². The number of rotatable bonds is 5. The molecule has 0 aliphatic heterocycles. The highest BCUT2D eigenvalue weighted by Gasteiger charge is 2.23. The van der Waals surface area contributed by atoms with Gasteiger partial charge in [-0.05, 0) is 24.6 Å². The minimum atomic E-state index is -0.178. The summed E-state index contributed by atoms with van der Waals surface area (Å²) in [5, 5.41) is 5.37. The minimum absolute atomic E-state index is 0.0812. The molecule has 0 saturated heterocycles. The predicted octanol–water partition coefficient (Wildman–Crippen LogP) is 4.51. The number of hydrogen-bond acceptors (Lipinski definition) is 3. The van der Waals surface area contributed by atoms with Crippen molar-refractivity contribution in [3.63, 3.8) is 0 Å². The maximum Gasteiger partial charge on any atom is 0.257 e. The molecular weight excluding hydrogens is 338 g/mol. The molecular formula is C22H21N3O2. The van der Waals surface area contributed by atoms with Gasteiger partial charge in [0.15, 0.2) is 0 Å². The van der Waals surface area contributed by atoms with Gasteiger partial charge in [0.1, 0.15) is 11.3 Å². The molecule has 0 bridgehead atoms. The Morgan fingerprint density at radius 2 is 1.89 bits per heavy atom. The molecule has 136 valence electrons. The normalized spacial score (nSPS) is 12.2. The Labute approximate surface area is 157 Å². The number of nitrogens with zero attached hydrogens (tertiary/aromatic N) is 3. The van der Waals surface area contributed by atoms with Crippen molar-refractivity contribution in [2.24, 2.45) is 0 Å². The van der Waals surface area contributed by atoms with Gasteiger partial charge in [0.05, 0.1) is 24.3 Å². The summed E-state index contributed by atoms with van der Waals surface area (Å²) in [4.78, 5) is 14.6. The second-order valence-electron chi connectivity index (χ2n) is 6.69. The third-order valence-electron chi connectivity index (χ3n) is 4.83. The van der Waals surface area contributed by atoms with Crippen molar-refractivity contribution in [2.75, 3.05) is 7.05 Å². The lowest BCUT2D eigenvalue weighted by atomic mass is 10.2. The summed E-state index contributed by atoms with van der Waals surface area (Å²) >= 11 is 0. The van der Waals surface area contributed by atoms with E-state index in [4.69, 9.17) is 4.42 Å². The molecule has 5 nitrogen and oxygen atoms in total. The highest BCUT2D eigenvalue weighted by molar-refractivity contribution is 5.93. The van der Waals surface area contributed by atoms with Crippen LogP contribution >= 0.6 is 0 Å². The molecule has 2 aromatic heterocycles. The monoisotopic (exact) mass is 359 g/mol. The van der Waals surface area contributed by atoms with Crippen molar-refractivity contribution in [3.05, 3.63) is 89.9 Å². The van der Waals surface area contributed by atoms with E-state index in [1.54, 1.807) is 29.0 Å². The lowest BCUT2D eigenvalue weighted by Gasteiger charge is -2.22. The largest absolute Gasteiger partial charge is 0.459 e. The quantitative estimate of drug-likeness (QED) is 0.527. The van der Waals surface area contributed by atoms with Crippen molar-refractivity contribution >= 4 is 16.9 Å². The summed E-state index contributed by atoms with van der Waals surface area (Å²) in [6.07, 6.45) is 3.41. The van der Waals surface area contributed by atoms with Gasteiger partial charge in [-0.1, -0.05) is 48.5 Å². The molecule has 1 atom stereocenters. The zero-order valence-electron chi connectivity index (χ0n) is 15.4. The van der Waals surface area contributed by atoms with Crippen LogP contribution in [0.5, 0.6) is 0 Å². The van der Waals surface area contributed by atoms with Crippen LogP contribution in [0.2, 0.25) is 0 Å². The van der Waals surface area contributed by atoms with Crippen molar-refractivity contribution < 1.29 is 9.21 Å². The van der Waals surface area contributed by atoms with Crippen LogP contribution in [0, 0.1) is 0 Å². The van der Waals surface area contributed by atoms with Crippen LogP contribution < -0.4 is 0 Å². The lowest BCUT2D eigenvalue weighted by molar-refractivity contribution is 0.0727. The van der Waals surface area contributed by atoms with Gasteiger partial charge < -0.3 is 9.32 Å². The highest BCUT2D eigenvalue weighted by atomic mass is 16.3. The van der Waals surface area contributed by atoms with E-state index in [9.17, 15) is 4.79 Å². The summed E-state index contributed by atoms with van der Waals surface area (Å²) in [6.45, 7) is 2.60. The molecule has 0 aliphatic carbocycles. The zero-order valence-corrected chi connectivity index (χ0v) is 15.4. The van der Waals surface area contributed by atoms with Gasteiger partial charge in [-0.3, -0.25) is 9.48 Å². The van der Waals surface area contributed by atoms with Crippen LogP contribution in [-0.4, -0.2) is 27.6 Å². The average Bonchev–Trinajstić information content (AvgIpc) is 3.34. The molecule has 0 fully saturated rings. The van der Waals surface area contributed by atoms with Crippen molar-refractivity contribution in [1.82, 2.24) is 14.7 Å². The third kappa shape index (κ3) is 3.49. The molecule has 27 heavy (non-hydrogen) atoms. The van der Waals surface area contributed by atoms with Gasteiger partial charge in [-0.15, -0.1) is 0 Å².